The van der Waals surface area contributed by atoms with E-state index in [-0.39, 0.29) is 23.7 Å². The molecule has 1 saturated carbocycles. The van der Waals surface area contributed by atoms with Crippen LogP contribution in [0.4, 0.5) is 0 Å². The van der Waals surface area contributed by atoms with Crippen molar-refractivity contribution in [2.75, 3.05) is 20.8 Å². The first-order chi connectivity index (χ1) is 11.1. The van der Waals surface area contributed by atoms with Crippen LogP contribution in [0.2, 0.25) is 5.15 Å². The largest absolute Gasteiger partial charge is 0.381 e. The van der Waals surface area contributed by atoms with Crippen molar-refractivity contribution in [2.45, 2.75) is 56.3 Å². The van der Waals surface area contributed by atoms with Crippen molar-refractivity contribution in [3.8, 4) is 0 Å². The summed E-state index contributed by atoms with van der Waals surface area (Å²) in [6.45, 7) is 0.741. The predicted octanol–water partition coefficient (Wildman–Crippen LogP) is 2.45. The molecule has 2 fully saturated rings. The molecule has 0 N–H and O–H groups in total. The zero-order valence-corrected chi connectivity index (χ0v) is 14.3. The smallest absolute Gasteiger partial charge is 0.223 e. The number of methoxy groups -OCH3 is 2. The molecule has 3 atom stereocenters. The summed E-state index contributed by atoms with van der Waals surface area (Å²) in [5.74, 6) is 0.761. The molecule has 23 heavy (non-hydrogen) atoms. The van der Waals surface area contributed by atoms with Gasteiger partial charge in [0.2, 0.25) is 5.91 Å². The molecule has 0 unspecified atom stereocenters. The molecule has 2 aliphatic rings. The molecule has 0 bridgehead atoms. The van der Waals surface area contributed by atoms with Gasteiger partial charge in [0.1, 0.15) is 5.76 Å². The summed E-state index contributed by atoms with van der Waals surface area (Å²) >= 11 is 5.73. The summed E-state index contributed by atoms with van der Waals surface area (Å²) in [5.41, 5.74) is -0.208. The van der Waals surface area contributed by atoms with Crippen LogP contribution in [0.5, 0.6) is 0 Å². The van der Waals surface area contributed by atoms with E-state index in [9.17, 15) is 4.79 Å². The Labute approximate surface area is 141 Å². The zero-order chi connectivity index (χ0) is 16.4. The Morgan fingerprint density at radius 2 is 2.35 bits per heavy atom. The van der Waals surface area contributed by atoms with Crippen LogP contribution < -0.4 is 0 Å². The number of likely N-dealkylation sites (tertiary alicyclic amines) is 1. The maximum Gasteiger partial charge on any atom is 0.223 e. The zero-order valence-electron chi connectivity index (χ0n) is 13.6. The number of fused-ring (bicyclic) bond motifs is 1. The molecule has 128 valence electrons. The van der Waals surface area contributed by atoms with Crippen LogP contribution in [0.25, 0.3) is 0 Å². The van der Waals surface area contributed by atoms with Crippen LogP contribution in [0.1, 0.15) is 37.9 Å². The van der Waals surface area contributed by atoms with E-state index in [0.29, 0.717) is 23.8 Å². The fraction of sp³-hybridized carbons (Fsp3) is 0.750. The molecule has 1 aromatic heterocycles. The number of nitrogens with zero attached hydrogens (tertiary/aromatic N) is 2. The molecule has 1 saturated heterocycles. The lowest BCUT2D eigenvalue weighted by Crippen LogP contribution is -2.53. The van der Waals surface area contributed by atoms with Gasteiger partial charge in [-0.05, 0) is 25.7 Å². The Balaban J connectivity index is 1.65. The third-order valence-electron chi connectivity index (χ3n) is 5.31. The number of ether oxygens (including phenoxy) is 2. The lowest BCUT2D eigenvalue weighted by atomic mass is 9.79. The van der Waals surface area contributed by atoms with Crippen molar-refractivity contribution in [3.63, 3.8) is 0 Å². The average molecular weight is 343 g/mol. The number of halogens is 1. The molecule has 6 nitrogen and oxygen atoms in total. The number of rotatable bonds is 5. The number of hydrogen-bond acceptors (Lipinski definition) is 5. The van der Waals surface area contributed by atoms with Crippen LogP contribution in [-0.2, 0) is 20.7 Å². The van der Waals surface area contributed by atoms with E-state index in [2.05, 4.69) is 5.16 Å². The van der Waals surface area contributed by atoms with Gasteiger partial charge in [-0.3, -0.25) is 4.79 Å². The second-order valence-electron chi connectivity index (χ2n) is 6.37. The molecular formula is C16H23ClN2O4. The number of aryl methyl sites for hydroxylation is 1. The van der Waals surface area contributed by atoms with E-state index in [0.717, 1.165) is 32.2 Å². The average Bonchev–Trinajstić information content (AvgIpc) is 3.15. The molecule has 1 aliphatic heterocycles. The maximum atomic E-state index is 12.7. The Morgan fingerprint density at radius 3 is 3.00 bits per heavy atom. The molecule has 2 heterocycles. The van der Waals surface area contributed by atoms with Gasteiger partial charge in [0.05, 0.1) is 17.7 Å². The highest BCUT2D eigenvalue weighted by molar-refractivity contribution is 6.29. The quantitative estimate of drug-likeness (QED) is 0.822. The third kappa shape index (κ3) is 3.25. The summed E-state index contributed by atoms with van der Waals surface area (Å²) in [5, 5.41) is 3.95. The number of aromatic nitrogens is 1. The second kappa shape index (κ2) is 6.79. The van der Waals surface area contributed by atoms with Gasteiger partial charge in [0, 0.05) is 39.7 Å². The topological polar surface area (TPSA) is 64.8 Å². The molecule has 1 aromatic rings. The Kier molecular flexibility index (Phi) is 4.94. The van der Waals surface area contributed by atoms with E-state index >= 15 is 0 Å². The molecule has 7 heteroatoms. The first-order valence-corrected chi connectivity index (χ1v) is 8.44. The molecular weight excluding hydrogens is 320 g/mol. The Bertz CT molecular complexity index is 564. The predicted molar refractivity (Wildman–Crippen MR) is 84.3 cm³/mol. The second-order valence-corrected chi connectivity index (χ2v) is 6.76. The summed E-state index contributed by atoms with van der Waals surface area (Å²) < 4.78 is 16.4. The third-order valence-corrected chi connectivity index (χ3v) is 5.49. The molecule has 0 spiro atoms. The highest BCUT2D eigenvalue weighted by Crippen LogP contribution is 2.43. The minimum atomic E-state index is -0.208. The summed E-state index contributed by atoms with van der Waals surface area (Å²) in [6, 6.07) is 1.75. The minimum Gasteiger partial charge on any atom is -0.381 e. The van der Waals surface area contributed by atoms with Crippen molar-refractivity contribution in [1.82, 2.24) is 10.1 Å². The van der Waals surface area contributed by atoms with Gasteiger partial charge < -0.3 is 18.9 Å². The van der Waals surface area contributed by atoms with Crippen LogP contribution in [0.3, 0.4) is 0 Å². The summed E-state index contributed by atoms with van der Waals surface area (Å²) in [6.07, 6.45) is 4.75. The fourth-order valence-electron chi connectivity index (χ4n) is 3.95. The Hall–Kier alpha value is -1.11. The van der Waals surface area contributed by atoms with E-state index in [1.807, 2.05) is 4.90 Å². The summed E-state index contributed by atoms with van der Waals surface area (Å²) in [7, 11) is 3.49. The standard InChI is InChI=1S/C16H23ClN2O4/c1-21-11-5-6-16(22-2)7-8-19(13(16)9-11)15(20)4-3-12-10-14(17)18-23-12/h10-11,13H,3-9H2,1-2H3/t11-,13+,16-/m1/s1. The van der Waals surface area contributed by atoms with Gasteiger partial charge in [-0.2, -0.15) is 0 Å². The molecule has 0 aromatic carbocycles. The van der Waals surface area contributed by atoms with Gasteiger partial charge in [-0.25, -0.2) is 0 Å². The van der Waals surface area contributed by atoms with E-state index in [1.165, 1.54) is 0 Å². The SMILES string of the molecule is CO[C@@H]1CC[C@@]2(OC)CCN(C(=O)CCc3cc(Cl)no3)[C@H]2C1. The summed E-state index contributed by atoms with van der Waals surface area (Å²) in [4.78, 5) is 14.6. The van der Waals surface area contributed by atoms with Crippen LogP contribution in [0.15, 0.2) is 10.6 Å². The highest BCUT2D eigenvalue weighted by Gasteiger charge is 2.52. The van der Waals surface area contributed by atoms with Crippen LogP contribution in [-0.4, -0.2) is 54.5 Å². The Morgan fingerprint density at radius 1 is 1.52 bits per heavy atom. The van der Waals surface area contributed by atoms with Crippen molar-refractivity contribution < 1.29 is 18.8 Å². The van der Waals surface area contributed by atoms with Gasteiger partial charge in [0.25, 0.3) is 0 Å². The normalized spacial score (nSPS) is 30.5. The molecule has 0 radical (unpaired) electrons. The molecule has 1 amide bonds. The number of carbonyl (C=O) groups excluding carboxylic acids is 1. The monoisotopic (exact) mass is 342 g/mol. The van der Waals surface area contributed by atoms with Gasteiger partial charge in [0.15, 0.2) is 5.15 Å². The molecule has 3 rings (SSSR count). The number of hydrogen-bond donors (Lipinski definition) is 0. The van der Waals surface area contributed by atoms with Gasteiger partial charge >= 0.3 is 0 Å². The van der Waals surface area contributed by atoms with Crippen LogP contribution in [0, 0.1) is 0 Å². The number of amides is 1. The minimum absolute atomic E-state index is 0.0945. The van der Waals surface area contributed by atoms with Crippen LogP contribution >= 0.6 is 11.6 Å². The lowest BCUT2D eigenvalue weighted by Gasteiger charge is -2.43. The van der Waals surface area contributed by atoms with E-state index in [4.69, 9.17) is 25.6 Å². The van der Waals surface area contributed by atoms with E-state index < -0.39 is 0 Å². The van der Waals surface area contributed by atoms with Crippen molar-refractivity contribution in [3.05, 3.63) is 17.0 Å². The highest BCUT2D eigenvalue weighted by atomic mass is 35.5. The number of carbonyl (C=O) groups is 1. The van der Waals surface area contributed by atoms with Crippen molar-refractivity contribution >= 4 is 17.5 Å². The van der Waals surface area contributed by atoms with E-state index in [1.54, 1.807) is 20.3 Å². The van der Waals surface area contributed by atoms with Gasteiger partial charge in [-0.1, -0.05) is 16.8 Å². The van der Waals surface area contributed by atoms with Crippen molar-refractivity contribution in [2.24, 2.45) is 0 Å². The molecule has 1 aliphatic carbocycles. The first kappa shape index (κ1) is 16.7. The fourth-order valence-corrected chi connectivity index (χ4v) is 4.11. The lowest BCUT2D eigenvalue weighted by molar-refractivity contribution is -0.140. The van der Waals surface area contributed by atoms with Crippen molar-refractivity contribution in [1.29, 1.82) is 0 Å². The van der Waals surface area contributed by atoms with Gasteiger partial charge in [-0.15, -0.1) is 0 Å². The first-order valence-electron chi connectivity index (χ1n) is 8.06. The maximum absolute atomic E-state index is 12.7.